The maximum Gasteiger partial charge on any atom is 0.354 e. The number of nitrogens with zero attached hydrogens (tertiary/aromatic N) is 2. The Morgan fingerprint density at radius 1 is 1.44 bits per heavy atom. The molecule has 0 atom stereocenters. The Kier molecular flexibility index (Phi) is 3.01. The molecule has 1 N–H and O–H groups in total. The van der Waals surface area contributed by atoms with Gasteiger partial charge in [-0.05, 0) is 24.3 Å². The molecule has 0 aliphatic heterocycles. The van der Waals surface area contributed by atoms with Crippen LogP contribution < -0.4 is 4.74 Å². The summed E-state index contributed by atoms with van der Waals surface area (Å²) in [4.78, 5) is 10.9. The van der Waals surface area contributed by atoms with Gasteiger partial charge in [-0.2, -0.15) is 5.10 Å². The van der Waals surface area contributed by atoms with Gasteiger partial charge in [0.05, 0.1) is 12.8 Å². The Morgan fingerprint density at radius 2 is 2.17 bits per heavy atom. The molecular formula is C12H11FN2O3. The van der Waals surface area contributed by atoms with Gasteiger partial charge in [-0.1, -0.05) is 0 Å². The summed E-state index contributed by atoms with van der Waals surface area (Å²) in [5, 5.41) is 13.0. The molecule has 0 spiro atoms. The van der Waals surface area contributed by atoms with Crippen molar-refractivity contribution in [3.8, 4) is 17.0 Å². The highest BCUT2D eigenvalue weighted by molar-refractivity contribution is 5.87. The maximum atomic E-state index is 13.3. The van der Waals surface area contributed by atoms with Gasteiger partial charge in [0.2, 0.25) is 0 Å². The van der Waals surface area contributed by atoms with Crippen molar-refractivity contribution in [2.75, 3.05) is 7.11 Å². The van der Waals surface area contributed by atoms with Gasteiger partial charge in [-0.25, -0.2) is 9.18 Å². The second kappa shape index (κ2) is 4.48. The molecule has 0 saturated heterocycles. The SMILES string of the molecule is COc1cc(-c2cc(C(=O)O)n(C)n2)ccc1F. The summed E-state index contributed by atoms with van der Waals surface area (Å²) < 4.78 is 19.4. The lowest BCUT2D eigenvalue weighted by Gasteiger charge is -2.03. The van der Waals surface area contributed by atoms with E-state index in [0.29, 0.717) is 11.3 Å². The molecule has 0 aliphatic carbocycles. The number of rotatable bonds is 3. The van der Waals surface area contributed by atoms with E-state index in [1.807, 2.05) is 0 Å². The van der Waals surface area contributed by atoms with Crippen molar-refractivity contribution >= 4 is 5.97 Å². The minimum Gasteiger partial charge on any atom is -0.494 e. The van der Waals surface area contributed by atoms with Gasteiger partial charge < -0.3 is 9.84 Å². The van der Waals surface area contributed by atoms with Crippen LogP contribution in [-0.4, -0.2) is 28.0 Å². The number of aryl methyl sites for hydroxylation is 1. The first-order chi connectivity index (χ1) is 8.52. The largest absolute Gasteiger partial charge is 0.494 e. The molecule has 2 aromatic rings. The van der Waals surface area contributed by atoms with Crippen molar-refractivity contribution in [3.63, 3.8) is 0 Å². The van der Waals surface area contributed by atoms with Crippen molar-refractivity contribution in [3.05, 3.63) is 35.8 Å². The van der Waals surface area contributed by atoms with E-state index in [1.165, 1.54) is 43.1 Å². The predicted octanol–water partition coefficient (Wildman–Crippen LogP) is 1.93. The summed E-state index contributed by atoms with van der Waals surface area (Å²) >= 11 is 0. The third kappa shape index (κ3) is 2.04. The van der Waals surface area contributed by atoms with Gasteiger partial charge in [0.25, 0.3) is 0 Å². The number of carboxylic acids is 1. The van der Waals surface area contributed by atoms with Gasteiger partial charge in [-0.15, -0.1) is 0 Å². The first kappa shape index (κ1) is 12.1. The Balaban J connectivity index is 2.49. The number of aromatic carboxylic acids is 1. The van der Waals surface area contributed by atoms with Crippen LogP contribution >= 0.6 is 0 Å². The molecule has 0 fully saturated rings. The number of benzene rings is 1. The van der Waals surface area contributed by atoms with Crippen LogP contribution in [0.4, 0.5) is 4.39 Å². The summed E-state index contributed by atoms with van der Waals surface area (Å²) in [7, 11) is 2.90. The first-order valence-electron chi connectivity index (χ1n) is 5.14. The van der Waals surface area contributed by atoms with Gasteiger partial charge in [0.15, 0.2) is 11.6 Å². The van der Waals surface area contributed by atoms with E-state index < -0.39 is 11.8 Å². The number of aromatic nitrogens is 2. The Labute approximate surface area is 102 Å². The fraction of sp³-hybridized carbons (Fsp3) is 0.167. The summed E-state index contributed by atoms with van der Waals surface area (Å²) in [6.45, 7) is 0. The van der Waals surface area contributed by atoms with E-state index in [-0.39, 0.29) is 11.4 Å². The lowest BCUT2D eigenvalue weighted by Crippen LogP contribution is -2.04. The topological polar surface area (TPSA) is 64.3 Å². The smallest absolute Gasteiger partial charge is 0.354 e. The molecule has 2 rings (SSSR count). The van der Waals surface area contributed by atoms with Crippen LogP contribution in [0.3, 0.4) is 0 Å². The molecule has 18 heavy (non-hydrogen) atoms. The normalized spacial score (nSPS) is 10.4. The van der Waals surface area contributed by atoms with Gasteiger partial charge in [0.1, 0.15) is 5.69 Å². The predicted molar refractivity (Wildman–Crippen MR) is 62.1 cm³/mol. The summed E-state index contributed by atoms with van der Waals surface area (Å²) in [6.07, 6.45) is 0. The Hall–Kier alpha value is -2.37. The highest BCUT2D eigenvalue weighted by Gasteiger charge is 2.14. The van der Waals surface area contributed by atoms with Crippen LogP contribution in [0.1, 0.15) is 10.5 Å². The van der Waals surface area contributed by atoms with E-state index in [4.69, 9.17) is 9.84 Å². The molecule has 0 radical (unpaired) electrons. The summed E-state index contributed by atoms with van der Waals surface area (Å²) in [6, 6.07) is 5.67. The zero-order valence-corrected chi connectivity index (χ0v) is 9.85. The standard InChI is InChI=1S/C12H11FN2O3/c1-15-10(12(16)17)6-9(14-15)7-3-4-8(13)11(5-7)18-2/h3-6H,1-2H3,(H,16,17). The molecule has 0 bridgehead atoms. The fourth-order valence-electron chi connectivity index (χ4n) is 1.63. The third-order valence-electron chi connectivity index (χ3n) is 2.55. The van der Waals surface area contributed by atoms with E-state index in [2.05, 4.69) is 5.10 Å². The van der Waals surface area contributed by atoms with Crippen LogP contribution in [0, 0.1) is 5.82 Å². The van der Waals surface area contributed by atoms with E-state index in [9.17, 15) is 9.18 Å². The molecule has 1 aromatic carbocycles. The van der Waals surface area contributed by atoms with Gasteiger partial charge in [0, 0.05) is 12.6 Å². The highest BCUT2D eigenvalue weighted by Crippen LogP contribution is 2.25. The average molecular weight is 250 g/mol. The number of carboxylic acid groups (broad SMARTS) is 1. The lowest BCUT2D eigenvalue weighted by atomic mass is 10.1. The highest BCUT2D eigenvalue weighted by atomic mass is 19.1. The molecule has 5 nitrogen and oxygen atoms in total. The Bertz CT molecular complexity index is 607. The third-order valence-corrected chi connectivity index (χ3v) is 2.55. The number of hydrogen-bond donors (Lipinski definition) is 1. The van der Waals surface area contributed by atoms with Gasteiger partial charge >= 0.3 is 5.97 Å². The van der Waals surface area contributed by atoms with E-state index in [0.717, 1.165) is 0 Å². The minimum atomic E-state index is -1.06. The Morgan fingerprint density at radius 3 is 2.72 bits per heavy atom. The van der Waals surface area contributed by atoms with Crippen molar-refractivity contribution < 1.29 is 19.0 Å². The zero-order valence-electron chi connectivity index (χ0n) is 9.85. The van der Waals surface area contributed by atoms with Crippen molar-refractivity contribution in [1.29, 1.82) is 0 Å². The number of halogens is 1. The molecule has 6 heteroatoms. The van der Waals surface area contributed by atoms with Crippen LogP contribution in [0.5, 0.6) is 5.75 Å². The van der Waals surface area contributed by atoms with Crippen molar-refractivity contribution in [2.45, 2.75) is 0 Å². The minimum absolute atomic E-state index is 0.0632. The number of methoxy groups -OCH3 is 1. The van der Waals surface area contributed by atoms with Gasteiger partial charge in [-0.3, -0.25) is 4.68 Å². The van der Waals surface area contributed by atoms with Crippen LogP contribution in [-0.2, 0) is 7.05 Å². The molecule has 0 saturated carbocycles. The van der Waals surface area contributed by atoms with Crippen LogP contribution in [0.15, 0.2) is 24.3 Å². The molecule has 0 amide bonds. The number of carbonyl (C=O) groups is 1. The first-order valence-corrected chi connectivity index (χ1v) is 5.14. The van der Waals surface area contributed by atoms with Crippen molar-refractivity contribution in [1.82, 2.24) is 9.78 Å². The second-order valence-electron chi connectivity index (χ2n) is 3.69. The number of hydrogen-bond acceptors (Lipinski definition) is 3. The average Bonchev–Trinajstić information content (AvgIpc) is 2.72. The molecule has 94 valence electrons. The molecular weight excluding hydrogens is 239 g/mol. The summed E-state index contributed by atoms with van der Waals surface area (Å²) in [5.41, 5.74) is 1.11. The number of ether oxygens (including phenoxy) is 1. The fourth-order valence-corrected chi connectivity index (χ4v) is 1.63. The lowest BCUT2D eigenvalue weighted by molar-refractivity contribution is 0.0685. The molecule has 0 aliphatic rings. The monoisotopic (exact) mass is 250 g/mol. The van der Waals surface area contributed by atoms with Crippen LogP contribution in [0.25, 0.3) is 11.3 Å². The zero-order chi connectivity index (χ0) is 13.3. The quantitative estimate of drug-likeness (QED) is 0.904. The molecule has 1 aromatic heterocycles. The van der Waals surface area contributed by atoms with Crippen molar-refractivity contribution in [2.24, 2.45) is 7.05 Å². The maximum absolute atomic E-state index is 13.3. The molecule has 0 unspecified atom stereocenters. The second-order valence-corrected chi connectivity index (χ2v) is 3.69. The van der Waals surface area contributed by atoms with E-state index >= 15 is 0 Å². The van der Waals surface area contributed by atoms with Crippen LogP contribution in [0.2, 0.25) is 0 Å². The summed E-state index contributed by atoms with van der Waals surface area (Å²) in [5.74, 6) is -1.45. The molecule has 1 heterocycles. The van der Waals surface area contributed by atoms with E-state index in [1.54, 1.807) is 0 Å².